The van der Waals surface area contributed by atoms with E-state index in [2.05, 4.69) is 25.4 Å². The van der Waals surface area contributed by atoms with E-state index in [4.69, 9.17) is 5.84 Å². The Morgan fingerprint density at radius 2 is 2.10 bits per heavy atom. The summed E-state index contributed by atoms with van der Waals surface area (Å²) in [7, 11) is 0. The van der Waals surface area contributed by atoms with Gasteiger partial charge in [-0.3, -0.25) is 0 Å². The first-order chi connectivity index (χ1) is 10.3. The molecule has 4 rings (SSSR count). The maximum absolute atomic E-state index is 5.57. The molecule has 0 aliphatic carbocycles. The fraction of sp³-hybridized carbons (Fsp3) is 0.214. The van der Waals surface area contributed by atoms with Crippen LogP contribution in [0.3, 0.4) is 0 Å². The van der Waals surface area contributed by atoms with Gasteiger partial charge in [0.15, 0.2) is 0 Å². The van der Waals surface area contributed by atoms with Gasteiger partial charge in [-0.05, 0) is 12.1 Å². The molecule has 0 fully saturated rings. The molecule has 0 radical (unpaired) electrons. The van der Waals surface area contributed by atoms with Gasteiger partial charge in [-0.25, -0.2) is 20.8 Å². The quantitative estimate of drug-likeness (QED) is 0.506. The number of imidazole rings is 1. The van der Waals surface area contributed by atoms with E-state index in [0.29, 0.717) is 6.42 Å². The van der Waals surface area contributed by atoms with Crippen LogP contribution in [0, 0.1) is 0 Å². The average Bonchev–Trinajstić information content (AvgIpc) is 3.11. The van der Waals surface area contributed by atoms with Crippen molar-refractivity contribution in [3.05, 3.63) is 47.2 Å². The zero-order valence-electron chi connectivity index (χ0n) is 11.3. The van der Waals surface area contributed by atoms with Gasteiger partial charge in [0.25, 0.3) is 0 Å². The molecule has 0 atom stereocenters. The molecule has 0 bridgehead atoms. The second-order valence-electron chi connectivity index (χ2n) is 4.93. The second kappa shape index (κ2) is 5.01. The summed E-state index contributed by atoms with van der Waals surface area (Å²) >= 11 is 1.83. The first-order valence-corrected chi connectivity index (χ1v) is 7.85. The van der Waals surface area contributed by atoms with Crippen LogP contribution in [-0.4, -0.2) is 19.9 Å². The molecule has 3 heterocycles. The molecule has 4 N–H and O–H groups in total. The van der Waals surface area contributed by atoms with Gasteiger partial charge in [0, 0.05) is 17.1 Å². The fourth-order valence-corrected chi connectivity index (χ4v) is 3.58. The Labute approximate surface area is 125 Å². The van der Waals surface area contributed by atoms with E-state index in [1.54, 1.807) is 0 Å². The molecule has 21 heavy (non-hydrogen) atoms. The average molecular weight is 298 g/mol. The highest BCUT2D eigenvalue weighted by atomic mass is 32.2. The van der Waals surface area contributed by atoms with Gasteiger partial charge in [0.1, 0.15) is 17.5 Å². The van der Waals surface area contributed by atoms with Crippen molar-refractivity contribution >= 4 is 28.6 Å². The van der Waals surface area contributed by atoms with Crippen LogP contribution in [0.1, 0.15) is 22.9 Å². The predicted octanol–water partition coefficient (Wildman–Crippen LogP) is 1.98. The third kappa shape index (κ3) is 2.24. The maximum atomic E-state index is 5.57. The molecule has 0 amide bonds. The highest BCUT2D eigenvalue weighted by Gasteiger charge is 2.19. The molecule has 1 aliphatic rings. The number of nitrogens with one attached hydrogen (secondary N) is 2. The normalized spacial score (nSPS) is 13.6. The zero-order chi connectivity index (χ0) is 14.2. The summed E-state index contributed by atoms with van der Waals surface area (Å²) in [6, 6.07) is 7.97. The molecular weight excluding hydrogens is 284 g/mol. The number of hydrogen-bond donors (Lipinski definition) is 3. The van der Waals surface area contributed by atoms with E-state index in [-0.39, 0.29) is 0 Å². The Morgan fingerprint density at radius 3 is 2.95 bits per heavy atom. The predicted molar refractivity (Wildman–Crippen MR) is 83.7 cm³/mol. The third-order valence-corrected chi connectivity index (χ3v) is 4.50. The number of hydrazine groups is 1. The van der Waals surface area contributed by atoms with Crippen molar-refractivity contribution in [2.75, 3.05) is 5.43 Å². The monoisotopic (exact) mass is 298 g/mol. The first-order valence-electron chi connectivity index (χ1n) is 6.70. The van der Waals surface area contributed by atoms with Crippen molar-refractivity contribution in [3.63, 3.8) is 0 Å². The van der Waals surface area contributed by atoms with Crippen LogP contribution in [0.25, 0.3) is 11.0 Å². The lowest BCUT2D eigenvalue weighted by Gasteiger charge is -2.07. The lowest BCUT2D eigenvalue weighted by Crippen LogP contribution is -2.14. The molecule has 1 aliphatic heterocycles. The van der Waals surface area contributed by atoms with E-state index in [0.717, 1.165) is 51.3 Å². The lowest BCUT2D eigenvalue weighted by molar-refractivity contribution is 0.891. The van der Waals surface area contributed by atoms with Crippen molar-refractivity contribution in [2.45, 2.75) is 17.9 Å². The van der Waals surface area contributed by atoms with E-state index in [9.17, 15) is 0 Å². The minimum Gasteiger partial charge on any atom is -0.342 e. The van der Waals surface area contributed by atoms with E-state index < -0.39 is 0 Å². The van der Waals surface area contributed by atoms with Crippen LogP contribution < -0.4 is 11.3 Å². The summed E-state index contributed by atoms with van der Waals surface area (Å²) in [5, 5.41) is 0. The highest BCUT2D eigenvalue weighted by Crippen LogP contribution is 2.32. The second-order valence-corrected chi connectivity index (χ2v) is 5.91. The molecule has 0 spiro atoms. The van der Waals surface area contributed by atoms with Crippen LogP contribution in [-0.2, 0) is 17.9 Å². The molecule has 6 nitrogen and oxygen atoms in total. The number of nitrogen functional groups attached to an aromatic ring is 1. The maximum Gasteiger partial charge on any atom is 0.148 e. The molecule has 0 unspecified atom stereocenters. The van der Waals surface area contributed by atoms with Gasteiger partial charge >= 0.3 is 0 Å². The Morgan fingerprint density at radius 1 is 1.19 bits per heavy atom. The van der Waals surface area contributed by atoms with Gasteiger partial charge in [0.2, 0.25) is 0 Å². The number of nitrogens with two attached hydrogens (primary N) is 1. The number of fused-ring (bicyclic) bond motifs is 2. The van der Waals surface area contributed by atoms with Gasteiger partial charge in [-0.1, -0.05) is 12.1 Å². The van der Waals surface area contributed by atoms with Crippen LogP contribution >= 0.6 is 11.8 Å². The summed E-state index contributed by atoms with van der Waals surface area (Å²) < 4.78 is 0. The van der Waals surface area contributed by atoms with Crippen LogP contribution in [0.4, 0.5) is 5.82 Å². The van der Waals surface area contributed by atoms with Crippen molar-refractivity contribution < 1.29 is 0 Å². The van der Waals surface area contributed by atoms with Crippen molar-refractivity contribution in [1.29, 1.82) is 0 Å². The molecule has 1 aromatic carbocycles. The molecular formula is C14H14N6S. The summed E-state index contributed by atoms with van der Waals surface area (Å²) in [4.78, 5) is 17.0. The number of benzene rings is 1. The molecule has 0 saturated carbocycles. The minimum atomic E-state index is 0.571. The fourth-order valence-electron chi connectivity index (χ4n) is 2.54. The van der Waals surface area contributed by atoms with Crippen LogP contribution in [0.2, 0.25) is 0 Å². The summed E-state index contributed by atoms with van der Waals surface area (Å²) in [6.45, 7) is 0. The van der Waals surface area contributed by atoms with Gasteiger partial charge in [-0.15, -0.1) is 0 Å². The topological polar surface area (TPSA) is 92.5 Å². The first kappa shape index (κ1) is 12.6. The standard InChI is InChI=1S/C14H14N6S/c15-20-14-8-6-21-7-11(8)18-13(19-14)5-12-16-9-3-1-2-4-10(9)17-12/h1-4H,5-7,15H2,(H,16,17)(H,18,19,20). The number of thioether (sulfide) groups is 1. The number of aromatic nitrogens is 4. The smallest absolute Gasteiger partial charge is 0.148 e. The number of rotatable bonds is 3. The van der Waals surface area contributed by atoms with E-state index >= 15 is 0 Å². The van der Waals surface area contributed by atoms with Crippen molar-refractivity contribution in [3.8, 4) is 0 Å². The summed E-state index contributed by atoms with van der Waals surface area (Å²) in [6.07, 6.45) is 0.571. The van der Waals surface area contributed by atoms with Gasteiger partial charge < -0.3 is 10.4 Å². The molecule has 7 heteroatoms. The Kier molecular flexibility index (Phi) is 3.01. The number of nitrogens with zero attached hydrogens (tertiary/aromatic N) is 3. The molecule has 0 saturated heterocycles. The number of para-hydroxylation sites is 2. The number of anilines is 1. The number of hydrogen-bond acceptors (Lipinski definition) is 6. The lowest BCUT2D eigenvalue weighted by atomic mass is 10.2. The van der Waals surface area contributed by atoms with Gasteiger partial charge in [0.05, 0.1) is 23.1 Å². The highest BCUT2D eigenvalue weighted by molar-refractivity contribution is 7.98. The molecule has 106 valence electrons. The van der Waals surface area contributed by atoms with Crippen molar-refractivity contribution in [1.82, 2.24) is 19.9 Å². The summed E-state index contributed by atoms with van der Waals surface area (Å²) in [5.41, 5.74) is 6.87. The van der Waals surface area contributed by atoms with Crippen LogP contribution in [0.5, 0.6) is 0 Å². The number of H-pyrrole nitrogens is 1. The van der Waals surface area contributed by atoms with E-state index in [1.807, 2.05) is 36.0 Å². The van der Waals surface area contributed by atoms with Crippen LogP contribution in [0.15, 0.2) is 24.3 Å². The molecule has 2 aromatic heterocycles. The molecule has 3 aromatic rings. The Balaban J connectivity index is 1.70. The summed E-state index contributed by atoms with van der Waals surface area (Å²) in [5.74, 6) is 9.74. The van der Waals surface area contributed by atoms with Crippen molar-refractivity contribution in [2.24, 2.45) is 5.84 Å². The van der Waals surface area contributed by atoms with Gasteiger partial charge in [-0.2, -0.15) is 11.8 Å². The van der Waals surface area contributed by atoms with E-state index in [1.165, 1.54) is 0 Å². The zero-order valence-corrected chi connectivity index (χ0v) is 12.1. The Hall–Kier alpha value is -2.12. The minimum absolute atomic E-state index is 0.571. The Bertz CT molecular complexity index is 779. The largest absolute Gasteiger partial charge is 0.342 e. The third-order valence-electron chi connectivity index (χ3n) is 3.52. The number of aromatic amines is 1. The SMILES string of the molecule is NNc1nc(Cc2nc3ccccc3[nH]2)nc2c1CSC2.